The van der Waals surface area contributed by atoms with Crippen LogP contribution in [0, 0.1) is 17.8 Å². The van der Waals surface area contributed by atoms with Crippen LogP contribution in [0.25, 0.3) is 11.3 Å². The van der Waals surface area contributed by atoms with Gasteiger partial charge in [0.15, 0.2) is 0 Å². The maximum Gasteiger partial charge on any atom is 0.404 e. The van der Waals surface area contributed by atoms with Crippen molar-refractivity contribution in [2.75, 3.05) is 26.2 Å². The van der Waals surface area contributed by atoms with Gasteiger partial charge in [-0.15, -0.1) is 0 Å². The summed E-state index contributed by atoms with van der Waals surface area (Å²) in [6, 6.07) is 25.5. The lowest BCUT2D eigenvalue weighted by Crippen LogP contribution is -2.59. The summed E-state index contributed by atoms with van der Waals surface area (Å²) in [7, 11) is 0. The first-order valence-electron chi connectivity index (χ1n) is 20.2. The van der Waals surface area contributed by atoms with E-state index in [1.807, 2.05) is 113 Å². The summed E-state index contributed by atoms with van der Waals surface area (Å²) in [4.78, 5) is 65.1. The van der Waals surface area contributed by atoms with Crippen molar-refractivity contribution < 1.29 is 29.4 Å². The Bertz CT molecular complexity index is 2000. The van der Waals surface area contributed by atoms with Crippen LogP contribution in [0.15, 0.2) is 97.3 Å². The van der Waals surface area contributed by atoms with Gasteiger partial charge in [0.05, 0.1) is 17.8 Å². The number of carbonyl (C=O) groups excluding carboxylic acids is 3. The standard InChI is InChI=1S/C46H59N7O6/c1-31-15-16-33(28-49-31)29-52-24-25-53(44(52)59)41(45(2,3)4)42(56)51-40(38(54)21-23-48-39(55)27-46(5,6)30-50-43(57)58)36(34-12-8-7-9-13-34)26-32-17-19-35(20-18-32)37-14-10-11-22-47-37/h7-20,22,28,36,38,40-41,50,54H,21,23-27,29-30H2,1-6H3,(H,48,55)(H,51,56)(H,57,58). The minimum Gasteiger partial charge on any atom is -0.465 e. The number of carboxylic acid groups (broad SMARTS) is 1. The SMILES string of the molecule is Cc1ccc(CN2CCN(C(C(=O)NC(C(O)CCNC(=O)CC(C)(C)CNC(=O)O)C(Cc3ccc(-c4ccccn4)cc3)c3ccccc3)C(C)(C)C)C2=O)cn1. The quantitative estimate of drug-likeness (QED) is 0.0794. The van der Waals surface area contributed by atoms with Crippen LogP contribution >= 0.6 is 0 Å². The van der Waals surface area contributed by atoms with Crippen molar-refractivity contribution in [1.82, 2.24) is 35.7 Å². The highest BCUT2D eigenvalue weighted by atomic mass is 16.4. The molecule has 0 aliphatic carbocycles. The number of hydrogen-bond donors (Lipinski definition) is 5. The molecule has 4 aromatic rings. The Balaban J connectivity index is 1.41. The van der Waals surface area contributed by atoms with Gasteiger partial charge in [0, 0.05) is 68.7 Å². The number of benzene rings is 2. The van der Waals surface area contributed by atoms with Crippen LogP contribution in [-0.4, -0.2) is 98.3 Å². The number of nitrogens with one attached hydrogen (secondary N) is 3. The maximum atomic E-state index is 14.8. The molecule has 5 amide bonds. The molecule has 59 heavy (non-hydrogen) atoms. The molecule has 13 nitrogen and oxygen atoms in total. The summed E-state index contributed by atoms with van der Waals surface area (Å²) in [5.74, 6) is -1.07. The van der Waals surface area contributed by atoms with E-state index < -0.39 is 41.0 Å². The fourth-order valence-corrected chi connectivity index (χ4v) is 7.68. The van der Waals surface area contributed by atoms with Crippen molar-refractivity contribution in [3.05, 3.63) is 120 Å². The second-order valence-electron chi connectivity index (χ2n) is 17.3. The summed E-state index contributed by atoms with van der Waals surface area (Å²) in [6.07, 6.45) is 1.90. The van der Waals surface area contributed by atoms with Gasteiger partial charge < -0.3 is 36.0 Å². The molecular formula is C46H59N7O6. The fourth-order valence-electron chi connectivity index (χ4n) is 7.68. The predicted octanol–water partition coefficient (Wildman–Crippen LogP) is 6.17. The van der Waals surface area contributed by atoms with E-state index in [4.69, 9.17) is 5.11 Å². The topological polar surface area (TPSA) is 177 Å². The molecule has 0 saturated carbocycles. The normalized spacial score (nSPS) is 15.3. The Hall–Kier alpha value is -5.82. The highest BCUT2D eigenvalue weighted by Gasteiger charge is 2.45. The zero-order valence-electron chi connectivity index (χ0n) is 35.0. The lowest BCUT2D eigenvalue weighted by atomic mass is 9.81. The minimum atomic E-state index is -1.16. The number of nitrogens with zero attached hydrogens (tertiary/aromatic N) is 4. The number of carbonyl (C=O) groups is 4. The lowest BCUT2D eigenvalue weighted by Gasteiger charge is -2.39. The smallest absolute Gasteiger partial charge is 0.404 e. The van der Waals surface area contributed by atoms with E-state index in [0.717, 1.165) is 33.6 Å². The van der Waals surface area contributed by atoms with E-state index in [1.165, 1.54) is 0 Å². The van der Waals surface area contributed by atoms with E-state index in [1.54, 1.807) is 36.0 Å². The molecule has 4 unspecified atom stereocenters. The number of hydrogen-bond acceptors (Lipinski definition) is 7. The van der Waals surface area contributed by atoms with Crippen molar-refractivity contribution in [3.63, 3.8) is 0 Å². The first kappa shape index (κ1) is 44.3. The fraction of sp³-hybridized carbons (Fsp3) is 0.435. The van der Waals surface area contributed by atoms with Gasteiger partial charge in [-0.3, -0.25) is 19.6 Å². The van der Waals surface area contributed by atoms with Gasteiger partial charge in [-0.25, -0.2) is 9.59 Å². The van der Waals surface area contributed by atoms with Crippen LogP contribution < -0.4 is 16.0 Å². The van der Waals surface area contributed by atoms with Crippen molar-refractivity contribution >= 4 is 23.9 Å². The zero-order chi connectivity index (χ0) is 42.7. The third-order valence-electron chi connectivity index (χ3n) is 10.7. The third kappa shape index (κ3) is 12.6. The van der Waals surface area contributed by atoms with Gasteiger partial charge in [0.2, 0.25) is 11.8 Å². The highest BCUT2D eigenvalue weighted by molar-refractivity contribution is 5.89. The summed E-state index contributed by atoms with van der Waals surface area (Å²) < 4.78 is 0. The third-order valence-corrected chi connectivity index (χ3v) is 10.7. The largest absolute Gasteiger partial charge is 0.465 e. The first-order valence-corrected chi connectivity index (χ1v) is 20.2. The van der Waals surface area contributed by atoms with E-state index in [-0.39, 0.29) is 43.8 Å². The molecule has 1 fully saturated rings. The molecule has 5 rings (SSSR count). The maximum absolute atomic E-state index is 14.8. The number of urea groups is 1. The Morgan fingerprint density at radius 2 is 1.54 bits per heavy atom. The first-order chi connectivity index (χ1) is 28.0. The van der Waals surface area contributed by atoms with Crippen LogP contribution in [0.2, 0.25) is 0 Å². The Kier molecular flexibility index (Phi) is 14.8. The molecule has 0 bridgehead atoms. The average Bonchev–Trinajstić information content (AvgIpc) is 3.54. The van der Waals surface area contributed by atoms with Crippen molar-refractivity contribution in [3.8, 4) is 11.3 Å². The predicted molar refractivity (Wildman–Crippen MR) is 227 cm³/mol. The molecule has 0 radical (unpaired) electrons. The van der Waals surface area contributed by atoms with Gasteiger partial charge in [0.25, 0.3) is 0 Å². The van der Waals surface area contributed by atoms with Crippen molar-refractivity contribution in [2.24, 2.45) is 10.8 Å². The van der Waals surface area contributed by atoms with Crippen LogP contribution in [0.5, 0.6) is 0 Å². The lowest BCUT2D eigenvalue weighted by molar-refractivity contribution is -0.130. The summed E-state index contributed by atoms with van der Waals surface area (Å²) >= 11 is 0. The molecule has 0 spiro atoms. The summed E-state index contributed by atoms with van der Waals surface area (Å²) in [5, 5.41) is 29.7. The molecule has 1 aliphatic heterocycles. The molecule has 2 aromatic heterocycles. The number of aryl methyl sites for hydroxylation is 1. The van der Waals surface area contributed by atoms with Gasteiger partial charge in [0.1, 0.15) is 6.04 Å². The van der Waals surface area contributed by atoms with Gasteiger partial charge >= 0.3 is 12.1 Å². The Morgan fingerprint density at radius 3 is 2.17 bits per heavy atom. The van der Waals surface area contributed by atoms with E-state index >= 15 is 0 Å². The van der Waals surface area contributed by atoms with Gasteiger partial charge in [-0.05, 0) is 65.5 Å². The van der Waals surface area contributed by atoms with Gasteiger partial charge in [-0.1, -0.05) is 101 Å². The van der Waals surface area contributed by atoms with Crippen LogP contribution in [0.1, 0.15) is 75.8 Å². The second-order valence-corrected chi connectivity index (χ2v) is 17.3. The Morgan fingerprint density at radius 1 is 0.847 bits per heavy atom. The van der Waals surface area contributed by atoms with Crippen molar-refractivity contribution in [2.45, 2.75) is 91.5 Å². The molecule has 13 heteroatoms. The minimum absolute atomic E-state index is 0.0687. The molecular weight excluding hydrogens is 747 g/mol. The van der Waals surface area contributed by atoms with Crippen LogP contribution in [0.3, 0.4) is 0 Å². The molecule has 1 aliphatic rings. The summed E-state index contributed by atoms with van der Waals surface area (Å²) in [5.41, 5.74) is 4.18. The zero-order valence-corrected chi connectivity index (χ0v) is 35.0. The molecule has 4 atom stereocenters. The number of aromatic nitrogens is 2. The molecule has 2 aromatic carbocycles. The number of rotatable bonds is 18. The van der Waals surface area contributed by atoms with Crippen LogP contribution in [0.4, 0.5) is 9.59 Å². The number of aliphatic hydroxyl groups is 1. The average molecular weight is 806 g/mol. The highest BCUT2D eigenvalue weighted by Crippen LogP contribution is 2.32. The van der Waals surface area contributed by atoms with E-state index in [0.29, 0.717) is 26.1 Å². The number of pyridine rings is 2. The Labute approximate surface area is 347 Å². The summed E-state index contributed by atoms with van der Waals surface area (Å²) in [6.45, 7) is 12.7. The van der Waals surface area contributed by atoms with Crippen LogP contribution in [-0.2, 0) is 22.6 Å². The molecule has 3 heterocycles. The number of aliphatic hydroxyl groups excluding tert-OH is 1. The van der Waals surface area contributed by atoms with E-state index in [2.05, 4.69) is 25.9 Å². The van der Waals surface area contributed by atoms with Gasteiger partial charge in [-0.2, -0.15) is 0 Å². The van der Waals surface area contributed by atoms with E-state index in [9.17, 15) is 24.3 Å². The monoisotopic (exact) mass is 805 g/mol. The molecule has 5 N–H and O–H groups in total. The molecule has 1 saturated heterocycles. The van der Waals surface area contributed by atoms with Crippen molar-refractivity contribution in [1.29, 1.82) is 0 Å². The number of amides is 5. The second kappa shape index (κ2) is 19.8. The molecule has 314 valence electrons.